The molecule has 1 aliphatic carbocycles. The molecule has 1 aliphatic rings. The minimum Gasteiger partial charge on any atom is -0.305 e. The number of halogens is 1. The second-order valence-corrected chi connectivity index (χ2v) is 4.68. The quantitative estimate of drug-likeness (QED) is 0.915. The summed E-state index contributed by atoms with van der Waals surface area (Å²) < 4.78 is 15.2. The van der Waals surface area contributed by atoms with Crippen molar-refractivity contribution in [2.45, 2.75) is 19.4 Å². The normalized spacial score (nSPS) is 14.4. The van der Waals surface area contributed by atoms with E-state index in [1.54, 1.807) is 10.7 Å². The van der Waals surface area contributed by atoms with Gasteiger partial charge in [0, 0.05) is 25.0 Å². The minimum atomic E-state index is -0.641. The van der Waals surface area contributed by atoms with Crippen molar-refractivity contribution in [3.05, 3.63) is 42.1 Å². The molecule has 0 saturated heterocycles. The lowest BCUT2D eigenvalue weighted by Crippen LogP contribution is -2.14. The Hall–Kier alpha value is -2.24. The van der Waals surface area contributed by atoms with Gasteiger partial charge >= 0.3 is 0 Å². The maximum Gasteiger partial charge on any atom is 0.259 e. The van der Waals surface area contributed by atoms with Crippen LogP contribution in [0, 0.1) is 11.7 Å². The van der Waals surface area contributed by atoms with Crippen LogP contribution in [-0.4, -0.2) is 20.7 Å². The molecule has 3 rings (SSSR count). The van der Waals surface area contributed by atoms with Crippen molar-refractivity contribution in [2.75, 3.05) is 5.32 Å². The Balaban J connectivity index is 1.68. The van der Waals surface area contributed by atoms with Gasteiger partial charge in [0.05, 0.1) is 11.8 Å². The highest BCUT2D eigenvalue weighted by atomic mass is 19.1. The Bertz CT molecular complexity index is 606. The van der Waals surface area contributed by atoms with Crippen molar-refractivity contribution >= 4 is 11.7 Å². The van der Waals surface area contributed by atoms with E-state index in [4.69, 9.17) is 0 Å². The van der Waals surface area contributed by atoms with Gasteiger partial charge in [-0.15, -0.1) is 0 Å². The van der Waals surface area contributed by atoms with Crippen molar-refractivity contribution < 1.29 is 9.18 Å². The Kier molecular flexibility index (Phi) is 2.98. The number of amides is 1. The van der Waals surface area contributed by atoms with Gasteiger partial charge in [-0.25, -0.2) is 4.39 Å². The van der Waals surface area contributed by atoms with Crippen molar-refractivity contribution in [1.29, 1.82) is 0 Å². The van der Waals surface area contributed by atoms with Crippen LogP contribution in [0.25, 0.3) is 0 Å². The summed E-state index contributed by atoms with van der Waals surface area (Å²) in [5.74, 6) is -0.0167. The minimum absolute atomic E-state index is 0.0354. The Morgan fingerprint density at radius 2 is 2.32 bits per heavy atom. The van der Waals surface area contributed by atoms with Gasteiger partial charge in [0.2, 0.25) is 0 Å². The smallest absolute Gasteiger partial charge is 0.259 e. The number of nitrogens with one attached hydrogen (secondary N) is 1. The summed E-state index contributed by atoms with van der Waals surface area (Å²) in [6.07, 6.45) is 6.69. The molecule has 1 fully saturated rings. The van der Waals surface area contributed by atoms with Gasteiger partial charge in [-0.1, -0.05) is 0 Å². The number of hydrogen-bond donors (Lipinski definition) is 1. The monoisotopic (exact) mass is 260 g/mol. The molecule has 6 heteroatoms. The zero-order valence-electron chi connectivity index (χ0n) is 10.2. The third-order valence-electron chi connectivity index (χ3n) is 3.04. The standard InChI is InChI=1S/C13H13FN4O/c14-11-7-15-5-3-10(11)13(19)16-12-4-6-18(17-12)8-9-1-2-9/h3-7,9H,1-2,8H2,(H,16,17,19). The molecule has 0 aromatic carbocycles. The average Bonchev–Trinajstić information content (AvgIpc) is 3.09. The summed E-state index contributed by atoms with van der Waals surface area (Å²) in [4.78, 5) is 15.5. The molecule has 2 aromatic heterocycles. The Morgan fingerprint density at radius 1 is 1.47 bits per heavy atom. The topological polar surface area (TPSA) is 59.8 Å². The average molecular weight is 260 g/mol. The molecule has 5 nitrogen and oxygen atoms in total. The molecule has 0 atom stereocenters. The molecule has 0 aliphatic heterocycles. The number of carbonyl (C=O) groups is 1. The molecule has 19 heavy (non-hydrogen) atoms. The maximum atomic E-state index is 13.4. The van der Waals surface area contributed by atoms with Gasteiger partial charge in [0.15, 0.2) is 11.6 Å². The molecular formula is C13H13FN4O. The number of nitrogens with zero attached hydrogens (tertiary/aromatic N) is 3. The maximum absolute atomic E-state index is 13.4. The highest BCUT2D eigenvalue weighted by Crippen LogP contribution is 2.30. The van der Waals surface area contributed by atoms with Crippen LogP contribution in [0.2, 0.25) is 0 Å². The number of aromatic nitrogens is 3. The van der Waals surface area contributed by atoms with Gasteiger partial charge in [-0.05, 0) is 24.8 Å². The molecule has 1 amide bonds. The summed E-state index contributed by atoms with van der Waals surface area (Å²) in [6.45, 7) is 0.874. The van der Waals surface area contributed by atoms with E-state index in [2.05, 4.69) is 15.4 Å². The molecule has 1 saturated carbocycles. The van der Waals surface area contributed by atoms with Crippen LogP contribution >= 0.6 is 0 Å². The number of hydrogen-bond acceptors (Lipinski definition) is 3. The van der Waals surface area contributed by atoms with Crippen molar-refractivity contribution in [3.8, 4) is 0 Å². The van der Waals surface area contributed by atoms with Gasteiger partial charge in [0.25, 0.3) is 5.91 Å². The van der Waals surface area contributed by atoms with Crippen LogP contribution in [-0.2, 0) is 6.54 Å². The second kappa shape index (κ2) is 4.79. The molecule has 2 aromatic rings. The molecule has 0 spiro atoms. The van der Waals surface area contributed by atoms with Crippen molar-refractivity contribution in [1.82, 2.24) is 14.8 Å². The van der Waals surface area contributed by atoms with Crippen LogP contribution in [0.15, 0.2) is 30.7 Å². The largest absolute Gasteiger partial charge is 0.305 e. The Labute approximate surface area is 109 Å². The molecule has 1 N–H and O–H groups in total. The number of anilines is 1. The zero-order valence-corrected chi connectivity index (χ0v) is 10.2. The van der Waals surface area contributed by atoms with Crippen LogP contribution < -0.4 is 5.32 Å². The highest BCUT2D eigenvalue weighted by Gasteiger charge is 2.22. The first kappa shape index (κ1) is 11.8. The van der Waals surface area contributed by atoms with Crippen LogP contribution in [0.1, 0.15) is 23.2 Å². The molecular weight excluding hydrogens is 247 g/mol. The number of carbonyl (C=O) groups excluding carboxylic acids is 1. The summed E-state index contributed by atoms with van der Waals surface area (Å²) in [7, 11) is 0. The fraction of sp³-hybridized carbons (Fsp3) is 0.308. The van der Waals surface area contributed by atoms with Crippen LogP contribution in [0.4, 0.5) is 10.2 Å². The second-order valence-electron chi connectivity index (χ2n) is 4.68. The van der Waals surface area contributed by atoms with E-state index < -0.39 is 11.7 Å². The molecule has 0 radical (unpaired) electrons. The first-order valence-corrected chi connectivity index (χ1v) is 6.16. The molecule has 2 heterocycles. The van der Waals surface area contributed by atoms with Crippen molar-refractivity contribution in [2.24, 2.45) is 5.92 Å². The number of pyridine rings is 1. The first-order chi connectivity index (χ1) is 9.22. The summed E-state index contributed by atoms with van der Waals surface area (Å²) in [6, 6.07) is 3.05. The molecule has 0 unspecified atom stereocenters. The lowest BCUT2D eigenvalue weighted by atomic mass is 10.2. The Morgan fingerprint density at radius 3 is 3.05 bits per heavy atom. The summed E-state index contributed by atoms with van der Waals surface area (Å²) in [5, 5.41) is 6.81. The molecule has 98 valence electrons. The zero-order chi connectivity index (χ0) is 13.2. The van der Waals surface area contributed by atoms with Crippen LogP contribution in [0.3, 0.4) is 0 Å². The van der Waals surface area contributed by atoms with E-state index in [1.165, 1.54) is 25.1 Å². The molecule has 0 bridgehead atoms. The van der Waals surface area contributed by atoms with Gasteiger partial charge < -0.3 is 5.32 Å². The van der Waals surface area contributed by atoms with E-state index in [9.17, 15) is 9.18 Å². The van der Waals surface area contributed by atoms with Crippen molar-refractivity contribution in [3.63, 3.8) is 0 Å². The lowest BCUT2D eigenvalue weighted by molar-refractivity contribution is 0.102. The highest BCUT2D eigenvalue weighted by molar-refractivity contribution is 6.03. The lowest BCUT2D eigenvalue weighted by Gasteiger charge is -2.03. The van der Waals surface area contributed by atoms with Gasteiger partial charge in [0.1, 0.15) is 0 Å². The predicted molar refractivity (Wildman–Crippen MR) is 67.1 cm³/mol. The van der Waals surface area contributed by atoms with Gasteiger partial charge in [-0.3, -0.25) is 14.5 Å². The van der Waals surface area contributed by atoms with E-state index in [0.717, 1.165) is 12.7 Å². The third kappa shape index (κ3) is 2.78. The van der Waals surface area contributed by atoms with E-state index in [1.807, 2.05) is 6.20 Å². The SMILES string of the molecule is O=C(Nc1ccn(CC2CC2)n1)c1ccncc1F. The van der Waals surface area contributed by atoms with E-state index in [-0.39, 0.29) is 5.56 Å². The first-order valence-electron chi connectivity index (χ1n) is 6.16. The van der Waals surface area contributed by atoms with Crippen LogP contribution in [0.5, 0.6) is 0 Å². The fourth-order valence-electron chi connectivity index (χ4n) is 1.84. The summed E-state index contributed by atoms with van der Waals surface area (Å²) in [5.41, 5.74) is -0.0354. The predicted octanol–water partition coefficient (Wildman–Crippen LogP) is 2.08. The van der Waals surface area contributed by atoms with Gasteiger partial charge in [-0.2, -0.15) is 5.10 Å². The third-order valence-corrected chi connectivity index (χ3v) is 3.04. The fourth-order valence-corrected chi connectivity index (χ4v) is 1.84. The van der Waals surface area contributed by atoms with E-state index >= 15 is 0 Å². The van der Waals surface area contributed by atoms with E-state index in [0.29, 0.717) is 11.7 Å². The summed E-state index contributed by atoms with van der Waals surface area (Å²) >= 11 is 0. The number of rotatable bonds is 4.